The Hall–Kier alpha value is -4.82. The average molecular weight is 893 g/mol. The van der Waals surface area contributed by atoms with Crippen LogP contribution in [-0.2, 0) is 12.3 Å². The van der Waals surface area contributed by atoms with E-state index in [1.54, 1.807) is 0 Å². The first-order valence-electron chi connectivity index (χ1n) is 18.4. The minimum absolute atomic E-state index is 0. The van der Waals surface area contributed by atoms with E-state index in [1.807, 2.05) is 0 Å². The van der Waals surface area contributed by atoms with E-state index in [9.17, 15) is 0 Å². The predicted molar refractivity (Wildman–Crippen MR) is 235 cm³/mol. The summed E-state index contributed by atoms with van der Waals surface area (Å²) in [5.41, 5.74) is 4.25. The van der Waals surface area contributed by atoms with Crippen LogP contribution in [0, 0.1) is 0 Å². The first kappa shape index (κ1) is 40.8. The van der Waals surface area contributed by atoms with Crippen LogP contribution >= 0.6 is 14.5 Å². The fourth-order valence-corrected chi connectivity index (χ4v) is 16.0. The monoisotopic (exact) mass is 890 g/mol. The number of benzene rings is 8. The van der Waals surface area contributed by atoms with E-state index >= 15 is 0 Å². The van der Waals surface area contributed by atoms with Crippen LogP contribution in [0.4, 0.5) is 11.4 Å². The predicted octanol–water partition coefficient (Wildman–Crippen LogP) is 5.10. The Labute approximate surface area is 353 Å². The molecule has 0 amide bonds. The minimum Gasteiger partial charge on any atom is -1.00 e. The molecular formula is C50H42Br2N2P2. The molecule has 0 unspecified atom stereocenters. The van der Waals surface area contributed by atoms with Crippen LogP contribution in [0.1, 0.15) is 11.1 Å². The third kappa shape index (κ3) is 8.76. The summed E-state index contributed by atoms with van der Waals surface area (Å²) in [5, 5.41) is 17.6. The SMILES string of the molecule is [Br-].[Br-].c1ccc([P+](Cc2ccc(N=Nc3ccc(C[P+](c4ccccc4)(c4ccccc4)c4ccccc4)cc3)cc2)(c2ccccc2)c2ccccc2)cc1. The fourth-order valence-electron chi connectivity index (χ4n) is 7.54. The van der Waals surface area contributed by atoms with Crippen LogP contribution in [0.5, 0.6) is 0 Å². The quantitative estimate of drug-likeness (QED) is 0.121. The molecule has 0 aliphatic rings. The highest BCUT2D eigenvalue weighted by atomic mass is 79.9. The summed E-state index contributed by atoms with van der Waals surface area (Å²) in [6.07, 6.45) is 1.84. The average Bonchev–Trinajstić information content (AvgIpc) is 3.27. The second-order valence-corrected chi connectivity index (χ2v) is 20.5. The van der Waals surface area contributed by atoms with Crippen LogP contribution in [0.25, 0.3) is 0 Å². The standard InChI is InChI=1S/C50H42N2P2.2BrH/c1-7-19-45(20-8-1)53(46-21-9-2-10-22-46,47-23-11-3-12-24-47)39-41-31-35-43(36-32-41)51-52-44-37-33-42(34-38-44)40-54(48-25-13-4-14-26-48,49-27-15-5-16-28-49)50-29-17-6-18-30-50;;/h1-38H,39-40H2;2*1H/q+2;;/p-2. The van der Waals surface area contributed by atoms with Crippen molar-refractivity contribution in [2.75, 3.05) is 0 Å². The summed E-state index contributed by atoms with van der Waals surface area (Å²) < 4.78 is 0. The van der Waals surface area contributed by atoms with Crippen molar-refractivity contribution in [2.24, 2.45) is 10.2 Å². The Morgan fingerprint density at radius 1 is 0.250 bits per heavy atom. The molecule has 8 aromatic carbocycles. The largest absolute Gasteiger partial charge is 1.00 e. The van der Waals surface area contributed by atoms with Crippen LogP contribution in [0.2, 0.25) is 0 Å². The van der Waals surface area contributed by atoms with Crippen LogP contribution in [0.3, 0.4) is 0 Å². The maximum Gasteiger partial charge on any atom is 0.116 e. The van der Waals surface area contributed by atoms with Gasteiger partial charge in [0.2, 0.25) is 0 Å². The van der Waals surface area contributed by atoms with Gasteiger partial charge in [0, 0.05) is 0 Å². The number of hydrogen-bond acceptors (Lipinski definition) is 2. The number of azo groups is 1. The molecule has 0 N–H and O–H groups in total. The molecule has 276 valence electrons. The highest BCUT2D eigenvalue weighted by Crippen LogP contribution is 2.59. The molecule has 8 rings (SSSR count). The highest BCUT2D eigenvalue weighted by molar-refractivity contribution is 7.95. The summed E-state index contributed by atoms with van der Waals surface area (Å²) in [6, 6.07) is 83.5. The zero-order chi connectivity index (χ0) is 36.5. The van der Waals surface area contributed by atoms with Crippen molar-refractivity contribution < 1.29 is 34.0 Å². The Kier molecular flexibility index (Phi) is 14.1. The van der Waals surface area contributed by atoms with Gasteiger partial charge in [-0.05, 0) is 108 Å². The summed E-state index contributed by atoms with van der Waals surface area (Å²) >= 11 is 0. The van der Waals surface area contributed by atoms with E-state index in [-0.39, 0.29) is 34.0 Å². The lowest BCUT2D eigenvalue weighted by Gasteiger charge is -2.28. The van der Waals surface area contributed by atoms with Crippen LogP contribution < -0.4 is 65.8 Å². The van der Waals surface area contributed by atoms with Gasteiger partial charge in [-0.3, -0.25) is 0 Å². The third-order valence-corrected chi connectivity index (χ3v) is 18.9. The van der Waals surface area contributed by atoms with E-state index < -0.39 is 14.5 Å². The van der Waals surface area contributed by atoms with Gasteiger partial charge in [0.05, 0.1) is 23.7 Å². The fraction of sp³-hybridized carbons (Fsp3) is 0.0400. The van der Waals surface area contributed by atoms with Gasteiger partial charge in [-0.1, -0.05) is 133 Å². The smallest absolute Gasteiger partial charge is 0.116 e. The highest BCUT2D eigenvalue weighted by Gasteiger charge is 2.46. The van der Waals surface area contributed by atoms with Crippen molar-refractivity contribution >= 4 is 57.7 Å². The topological polar surface area (TPSA) is 24.7 Å². The molecule has 0 aliphatic heterocycles. The molecule has 0 radical (unpaired) electrons. The molecule has 8 aromatic rings. The van der Waals surface area contributed by atoms with E-state index in [0.717, 1.165) is 23.7 Å². The number of nitrogens with zero attached hydrogens (tertiary/aromatic N) is 2. The van der Waals surface area contributed by atoms with Crippen molar-refractivity contribution in [1.82, 2.24) is 0 Å². The molecule has 0 fully saturated rings. The second-order valence-electron chi connectivity index (χ2n) is 13.5. The van der Waals surface area contributed by atoms with E-state index in [4.69, 9.17) is 0 Å². The molecule has 0 saturated carbocycles. The lowest BCUT2D eigenvalue weighted by molar-refractivity contribution is -0.00100. The maximum absolute atomic E-state index is 4.68. The molecule has 2 nitrogen and oxygen atoms in total. The van der Waals surface area contributed by atoms with Crippen molar-refractivity contribution in [3.05, 3.63) is 242 Å². The Bertz CT molecular complexity index is 2030. The summed E-state index contributed by atoms with van der Waals surface area (Å²) in [6.45, 7) is 0. The summed E-state index contributed by atoms with van der Waals surface area (Å²) in [7, 11) is -3.97. The molecule has 56 heavy (non-hydrogen) atoms. The number of rotatable bonds is 12. The minimum atomic E-state index is -1.98. The molecule has 6 heteroatoms. The molecule has 0 spiro atoms. The number of halogens is 2. The van der Waals surface area contributed by atoms with Gasteiger partial charge in [-0.15, -0.1) is 0 Å². The molecule has 0 aromatic heterocycles. The van der Waals surface area contributed by atoms with Crippen LogP contribution in [-0.4, -0.2) is 0 Å². The zero-order valence-electron chi connectivity index (χ0n) is 30.9. The van der Waals surface area contributed by atoms with Gasteiger partial charge < -0.3 is 34.0 Å². The Morgan fingerprint density at radius 3 is 0.643 bits per heavy atom. The van der Waals surface area contributed by atoms with Crippen molar-refractivity contribution in [2.45, 2.75) is 12.3 Å². The lowest BCUT2D eigenvalue weighted by Crippen LogP contribution is -3.00. The van der Waals surface area contributed by atoms with Gasteiger partial charge in [0.1, 0.15) is 46.4 Å². The number of hydrogen-bond donors (Lipinski definition) is 0. The molecule has 0 bridgehead atoms. The molecular weight excluding hydrogens is 850 g/mol. The van der Waals surface area contributed by atoms with Gasteiger partial charge >= 0.3 is 0 Å². The lowest BCUT2D eigenvalue weighted by atomic mass is 10.2. The first-order chi connectivity index (χ1) is 26.7. The third-order valence-electron chi connectivity index (χ3n) is 10.2. The van der Waals surface area contributed by atoms with Crippen molar-refractivity contribution in [3.8, 4) is 0 Å². The normalized spacial score (nSPS) is 11.4. The van der Waals surface area contributed by atoms with Gasteiger partial charge in [-0.2, -0.15) is 10.2 Å². The molecule has 0 atom stereocenters. The summed E-state index contributed by atoms with van der Waals surface area (Å²) in [5.74, 6) is 0. The molecule has 0 heterocycles. The van der Waals surface area contributed by atoms with Crippen molar-refractivity contribution in [1.29, 1.82) is 0 Å². The molecule has 0 aliphatic carbocycles. The van der Waals surface area contributed by atoms with Crippen molar-refractivity contribution in [3.63, 3.8) is 0 Å². The van der Waals surface area contributed by atoms with Gasteiger partial charge in [0.15, 0.2) is 0 Å². The van der Waals surface area contributed by atoms with Gasteiger partial charge in [0.25, 0.3) is 0 Å². The molecule has 0 saturated heterocycles. The van der Waals surface area contributed by atoms with E-state index in [1.165, 1.54) is 43.0 Å². The Morgan fingerprint density at radius 2 is 0.446 bits per heavy atom. The van der Waals surface area contributed by atoms with Crippen LogP contribution in [0.15, 0.2) is 241 Å². The Balaban J connectivity index is 0.00000266. The van der Waals surface area contributed by atoms with Gasteiger partial charge in [-0.25, -0.2) is 0 Å². The van der Waals surface area contributed by atoms with E-state index in [2.05, 4.69) is 241 Å². The first-order valence-corrected chi connectivity index (χ1v) is 22.4. The zero-order valence-corrected chi connectivity index (χ0v) is 35.9. The summed E-state index contributed by atoms with van der Waals surface area (Å²) in [4.78, 5) is 0. The maximum atomic E-state index is 4.68. The second kappa shape index (κ2) is 19.4. The van der Waals surface area contributed by atoms with E-state index in [0.29, 0.717) is 0 Å².